The minimum absolute atomic E-state index is 0.362. The smallest absolute Gasteiger partial charge is 0.0591 e. The van der Waals surface area contributed by atoms with Gasteiger partial charge in [0.05, 0.1) is 12.7 Å². The first-order valence-electron chi connectivity index (χ1n) is 5.55. The standard InChI is InChI=1S/C10H20N2O2/c11-12-10(8-3-5-13-7-8)6-9-2-1-4-14-9/h8-10,12H,1-7,11H2. The molecule has 82 valence electrons. The van der Waals surface area contributed by atoms with Crippen LogP contribution in [0.5, 0.6) is 0 Å². The Bertz CT molecular complexity index is 166. The second-order valence-corrected chi connectivity index (χ2v) is 4.27. The highest BCUT2D eigenvalue weighted by molar-refractivity contribution is 4.81. The lowest BCUT2D eigenvalue weighted by Gasteiger charge is -2.24. The summed E-state index contributed by atoms with van der Waals surface area (Å²) in [6.45, 7) is 2.65. The van der Waals surface area contributed by atoms with E-state index in [9.17, 15) is 0 Å². The van der Waals surface area contributed by atoms with Gasteiger partial charge in [-0.15, -0.1) is 0 Å². The van der Waals surface area contributed by atoms with Crippen LogP contribution in [0.4, 0.5) is 0 Å². The number of hydrogen-bond acceptors (Lipinski definition) is 4. The van der Waals surface area contributed by atoms with Crippen LogP contribution in [-0.2, 0) is 9.47 Å². The maximum atomic E-state index is 5.61. The highest BCUT2D eigenvalue weighted by atomic mass is 16.5. The minimum atomic E-state index is 0.362. The molecule has 3 unspecified atom stereocenters. The number of hydrazine groups is 1. The maximum absolute atomic E-state index is 5.61. The topological polar surface area (TPSA) is 56.5 Å². The van der Waals surface area contributed by atoms with Crippen molar-refractivity contribution in [1.29, 1.82) is 0 Å². The number of nitrogens with two attached hydrogens (primary N) is 1. The molecule has 0 bridgehead atoms. The molecule has 0 aromatic rings. The molecular weight excluding hydrogens is 180 g/mol. The molecule has 2 aliphatic heterocycles. The summed E-state index contributed by atoms with van der Waals surface area (Å²) in [6, 6.07) is 0.362. The van der Waals surface area contributed by atoms with Crippen LogP contribution in [0.3, 0.4) is 0 Å². The normalized spacial score (nSPS) is 34.9. The molecule has 0 radical (unpaired) electrons. The van der Waals surface area contributed by atoms with E-state index in [2.05, 4.69) is 5.43 Å². The minimum Gasteiger partial charge on any atom is -0.381 e. The third kappa shape index (κ3) is 2.45. The van der Waals surface area contributed by atoms with Gasteiger partial charge in [-0.2, -0.15) is 0 Å². The molecule has 3 N–H and O–H groups in total. The van der Waals surface area contributed by atoms with Gasteiger partial charge < -0.3 is 9.47 Å². The van der Waals surface area contributed by atoms with Crippen molar-refractivity contribution in [2.24, 2.45) is 11.8 Å². The molecule has 0 aromatic heterocycles. The summed E-state index contributed by atoms with van der Waals surface area (Å²) in [5, 5.41) is 0. The van der Waals surface area contributed by atoms with Crippen LogP contribution in [-0.4, -0.2) is 32.0 Å². The van der Waals surface area contributed by atoms with Gasteiger partial charge in [0.25, 0.3) is 0 Å². The Morgan fingerprint density at radius 1 is 1.36 bits per heavy atom. The summed E-state index contributed by atoms with van der Waals surface area (Å²) in [5.74, 6) is 6.14. The van der Waals surface area contributed by atoms with Gasteiger partial charge in [0.2, 0.25) is 0 Å². The molecule has 2 saturated heterocycles. The van der Waals surface area contributed by atoms with Crippen molar-refractivity contribution in [3.63, 3.8) is 0 Å². The Morgan fingerprint density at radius 3 is 2.86 bits per heavy atom. The lowest BCUT2D eigenvalue weighted by atomic mass is 9.94. The molecule has 0 saturated carbocycles. The SMILES string of the molecule is NNC(CC1CCCO1)C1CCOC1. The van der Waals surface area contributed by atoms with E-state index in [1.807, 2.05) is 0 Å². The molecule has 0 aliphatic carbocycles. The van der Waals surface area contributed by atoms with Crippen molar-refractivity contribution in [2.75, 3.05) is 19.8 Å². The third-order valence-corrected chi connectivity index (χ3v) is 3.29. The van der Waals surface area contributed by atoms with E-state index in [4.69, 9.17) is 15.3 Å². The fraction of sp³-hybridized carbons (Fsp3) is 1.00. The molecule has 2 heterocycles. The zero-order valence-corrected chi connectivity index (χ0v) is 8.58. The largest absolute Gasteiger partial charge is 0.381 e. The van der Waals surface area contributed by atoms with E-state index in [0.29, 0.717) is 18.1 Å². The third-order valence-electron chi connectivity index (χ3n) is 3.29. The molecule has 0 aromatic carbocycles. The zero-order chi connectivity index (χ0) is 9.80. The Labute approximate surface area is 85.1 Å². The van der Waals surface area contributed by atoms with E-state index in [1.54, 1.807) is 0 Å². The van der Waals surface area contributed by atoms with Crippen LogP contribution in [0.25, 0.3) is 0 Å². The summed E-state index contributed by atoms with van der Waals surface area (Å²) in [6.07, 6.45) is 4.96. The molecule has 4 nitrogen and oxygen atoms in total. The van der Waals surface area contributed by atoms with Crippen LogP contribution < -0.4 is 11.3 Å². The van der Waals surface area contributed by atoms with Crippen LogP contribution in [0.15, 0.2) is 0 Å². The summed E-state index contributed by atoms with van der Waals surface area (Å²) in [4.78, 5) is 0. The number of hydrogen-bond donors (Lipinski definition) is 2. The first-order valence-corrected chi connectivity index (χ1v) is 5.55. The van der Waals surface area contributed by atoms with Crippen LogP contribution in [0, 0.1) is 5.92 Å². The highest BCUT2D eigenvalue weighted by Gasteiger charge is 2.28. The molecule has 0 spiro atoms. The average Bonchev–Trinajstić information content (AvgIpc) is 2.86. The lowest BCUT2D eigenvalue weighted by Crippen LogP contribution is -2.43. The monoisotopic (exact) mass is 200 g/mol. The van der Waals surface area contributed by atoms with Gasteiger partial charge in [-0.3, -0.25) is 11.3 Å². The number of nitrogens with one attached hydrogen (secondary N) is 1. The summed E-state index contributed by atoms with van der Waals surface area (Å²) in [5.41, 5.74) is 2.91. The van der Waals surface area contributed by atoms with Crippen molar-refractivity contribution in [3.8, 4) is 0 Å². The molecule has 4 heteroatoms. The zero-order valence-electron chi connectivity index (χ0n) is 8.58. The van der Waals surface area contributed by atoms with E-state index >= 15 is 0 Å². The summed E-state index contributed by atoms with van der Waals surface area (Å²) < 4.78 is 11.0. The van der Waals surface area contributed by atoms with E-state index in [0.717, 1.165) is 32.7 Å². The fourth-order valence-corrected chi connectivity index (χ4v) is 2.38. The predicted molar refractivity (Wildman–Crippen MR) is 53.6 cm³/mol. The molecule has 3 atom stereocenters. The summed E-state index contributed by atoms with van der Waals surface area (Å²) >= 11 is 0. The maximum Gasteiger partial charge on any atom is 0.0591 e. The van der Waals surface area contributed by atoms with Crippen molar-refractivity contribution < 1.29 is 9.47 Å². The van der Waals surface area contributed by atoms with Crippen molar-refractivity contribution in [3.05, 3.63) is 0 Å². The van der Waals surface area contributed by atoms with Crippen LogP contribution in [0.2, 0.25) is 0 Å². The molecule has 2 aliphatic rings. The Balaban J connectivity index is 1.79. The van der Waals surface area contributed by atoms with Crippen molar-refractivity contribution >= 4 is 0 Å². The number of ether oxygens (including phenoxy) is 2. The van der Waals surface area contributed by atoms with Gasteiger partial charge in [-0.05, 0) is 25.7 Å². The van der Waals surface area contributed by atoms with E-state index in [-0.39, 0.29) is 0 Å². The second-order valence-electron chi connectivity index (χ2n) is 4.27. The molecule has 2 fully saturated rings. The van der Waals surface area contributed by atoms with Crippen LogP contribution in [0.1, 0.15) is 25.7 Å². The molecular formula is C10H20N2O2. The fourth-order valence-electron chi connectivity index (χ4n) is 2.38. The van der Waals surface area contributed by atoms with Gasteiger partial charge >= 0.3 is 0 Å². The van der Waals surface area contributed by atoms with Gasteiger partial charge in [0.15, 0.2) is 0 Å². The van der Waals surface area contributed by atoms with Crippen molar-refractivity contribution in [2.45, 2.75) is 37.8 Å². The van der Waals surface area contributed by atoms with Gasteiger partial charge in [0, 0.05) is 25.2 Å². The Hall–Kier alpha value is -0.160. The Kier molecular flexibility index (Phi) is 3.75. The quantitative estimate of drug-likeness (QED) is 0.510. The first-order chi connectivity index (χ1) is 6.90. The lowest BCUT2D eigenvalue weighted by molar-refractivity contribution is 0.0843. The van der Waals surface area contributed by atoms with Gasteiger partial charge in [-0.25, -0.2) is 0 Å². The van der Waals surface area contributed by atoms with Gasteiger partial charge in [0.1, 0.15) is 0 Å². The highest BCUT2D eigenvalue weighted by Crippen LogP contribution is 2.24. The summed E-state index contributed by atoms with van der Waals surface area (Å²) in [7, 11) is 0. The Morgan fingerprint density at radius 2 is 2.29 bits per heavy atom. The predicted octanol–water partition coefficient (Wildman–Crippen LogP) is 0.424. The molecule has 2 rings (SSSR count). The van der Waals surface area contributed by atoms with E-state index in [1.165, 1.54) is 12.8 Å². The van der Waals surface area contributed by atoms with E-state index < -0.39 is 0 Å². The second kappa shape index (κ2) is 5.07. The van der Waals surface area contributed by atoms with Gasteiger partial charge in [-0.1, -0.05) is 0 Å². The molecule has 14 heavy (non-hydrogen) atoms. The molecule has 0 amide bonds. The average molecular weight is 200 g/mol. The first kappa shape index (κ1) is 10.4. The van der Waals surface area contributed by atoms with Crippen LogP contribution >= 0.6 is 0 Å². The number of rotatable bonds is 4. The van der Waals surface area contributed by atoms with Crippen molar-refractivity contribution in [1.82, 2.24) is 5.43 Å².